The molecule has 4 nitrogen and oxygen atoms in total. The van der Waals surface area contributed by atoms with Gasteiger partial charge in [-0.2, -0.15) is 5.10 Å². The third-order valence-corrected chi connectivity index (χ3v) is 2.54. The number of nitrogens with zero attached hydrogens (tertiary/aromatic N) is 1. The van der Waals surface area contributed by atoms with Crippen molar-refractivity contribution < 1.29 is 4.74 Å². The number of methoxy groups -OCH3 is 1. The summed E-state index contributed by atoms with van der Waals surface area (Å²) in [5, 5.41) is 7.59. The molecule has 0 fully saturated rings. The summed E-state index contributed by atoms with van der Waals surface area (Å²) in [5.74, 6) is 1.21. The molecule has 0 aliphatic heterocycles. The summed E-state index contributed by atoms with van der Waals surface area (Å²) in [4.78, 5) is 0. The van der Waals surface area contributed by atoms with Crippen molar-refractivity contribution in [2.45, 2.75) is 0 Å². The molecule has 1 aromatic heterocycles. The highest BCUT2D eigenvalue weighted by Gasteiger charge is 2.10. The predicted octanol–water partition coefficient (Wildman–Crippen LogP) is 1.92. The lowest BCUT2D eigenvalue weighted by Gasteiger charge is -2.01. The zero-order valence-electron chi connectivity index (χ0n) is 6.97. The molecule has 0 unspecified atom stereocenters. The normalized spacial score (nSPS) is 10.6. The standard InChI is InChI=1S/C8H8BrN3O/c1-13-5-3-2-4(9)6-7(5)11-12-8(6)10/h2-3H,1H3,(H3,10,11,12). The van der Waals surface area contributed by atoms with Crippen LogP contribution in [0.4, 0.5) is 5.82 Å². The van der Waals surface area contributed by atoms with E-state index in [0.717, 1.165) is 21.1 Å². The Morgan fingerprint density at radius 2 is 2.31 bits per heavy atom. The van der Waals surface area contributed by atoms with Crippen LogP contribution >= 0.6 is 15.9 Å². The number of halogens is 1. The van der Waals surface area contributed by atoms with Crippen molar-refractivity contribution in [2.24, 2.45) is 0 Å². The topological polar surface area (TPSA) is 63.9 Å². The number of aromatic amines is 1. The number of rotatable bonds is 1. The van der Waals surface area contributed by atoms with Crippen LogP contribution in [-0.2, 0) is 0 Å². The lowest BCUT2D eigenvalue weighted by molar-refractivity contribution is 0.418. The van der Waals surface area contributed by atoms with Crippen LogP contribution in [0.1, 0.15) is 0 Å². The molecule has 0 atom stereocenters. The number of nitrogen functional groups attached to an aromatic ring is 1. The number of aromatic nitrogens is 2. The lowest BCUT2D eigenvalue weighted by atomic mass is 10.2. The second-order valence-corrected chi connectivity index (χ2v) is 3.46. The summed E-state index contributed by atoms with van der Waals surface area (Å²) in [7, 11) is 1.61. The second-order valence-electron chi connectivity index (χ2n) is 2.61. The van der Waals surface area contributed by atoms with E-state index in [1.807, 2.05) is 12.1 Å². The maximum atomic E-state index is 5.67. The fourth-order valence-electron chi connectivity index (χ4n) is 1.26. The van der Waals surface area contributed by atoms with Crippen LogP contribution in [0, 0.1) is 0 Å². The van der Waals surface area contributed by atoms with Gasteiger partial charge in [-0.05, 0) is 28.1 Å². The number of hydrogen-bond donors (Lipinski definition) is 2. The molecule has 0 amide bonds. The molecule has 1 aromatic carbocycles. The third-order valence-electron chi connectivity index (χ3n) is 1.88. The Morgan fingerprint density at radius 1 is 1.54 bits per heavy atom. The highest BCUT2D eigenvalue weighted by atomic mass is 79.9. The van der Waals surface area contributed by atoms with E-state index >= 15 is 0 Å². The summed E-state index contributed by atoms with van der Waals surface area (Å²) in [6, 6.07) is 3.73. The molecule has 5 heteroatoms. The molecule has 0 aliphatic rings. The van der Waals surface area contributed by atoms with E-state index < -0.39 is 0 Å². The van der Waals surface area contributed by atoms with E-state index in [-0.39, 0.29) is 0 Å². The van der Waals surface area contributed by atoms with Gasteiger partial charge in [0.15, 0.2) is 5.82 Å². The highest BCUT2D eigenvalue weighted by Crippen LogP contribution is 2.33. The molecule has 1 heterocycles. The van der Waals surface area contributed by atoms with Crippen molar-refractivity contribution in [3.05, 3.63) is 16.6 Å². The van der Waals surface area contributed by atoms with E-state index in [2.05, 4.69) is 26.1 Å². The monoisotopic (exact) mass is 241 g/mol. The van der Waals surface area contributed by atoms with Gasteiger partial charge in [0.1, 0.15) is 11.3 Å². The van der Waals surface area contributed by atoms with Gasteiger partial charge in [0.05, 0.1) is 12.5 Å². The molecule has 0 bridgehead atoms. The molecule has 68 valence electrons. The fourth-order valence-corrected chi connectivity index (χ4v) is 1.80. The SMILES string of the molecule is COc1ccc(Br)c2c(N)n[nH]c12. The Morgan fingerprint density at radius 3 is 3.00 bits per heavy atom. The van der Waals surface area contributed by atoms with Crippen LogP contribution in [0.25, 0.3) is 10.9 Å². The van der Waals surface area contributed by atoms with Gasteiger partial charge in [-0.1, -0.05) is 0 Å². The maximum absolute atomic E-state index is 5.67. The van der Waals surface area contributed by atoms with Crippen molar-refractivity contribution in [2.75, 3.05) is 12.8 Å². The number of fused-ring (bicyclic) bond motifs is 1. The molecule has 13 heavy (non-hydrogen) atoms. The van der Waals surface area contributed by atoms with Crippen molar-refractivity contribution in [1.82, 2.24) is 10.2 Å². The van der Waals surface area contributed by atoms with E-state index in [9.17, 15) is 0 Å². The first-order valence-electron chi connectivity index (χ1n) is 3.70. The Kier molecular flexibility index (Phi) is 1.88. The van der Waals surface area contributed by atoms with Gasteiger partial charge < -0.3 is 10.5 Å². The van der Waals surface area contributed by atoms with Gasteiger partial charge in [0.25, 0.3) is 0 Å². The second kappa shape index (κ2) is 2.92. The van der Waals surface area contributed by atoms with Crippen LogP contribution in [0.3, 0.4) is 0 Å². The molecule has 0 saturated heterocycles. The molecular weight excluding hydrogens is 234 g/mol. The molecule has 0 spiro atoms. The van der Waals surface area contributed by atoms with E-state index in [1.165, 1.54) is 0 Å². The first-order valence-corrected chi connectivity index (χ1v) is 4.49. The highest BCUT2D eigenvalue weighted by molar-refractivity contribution is 9.10. The number of benzene rings is 1. The summed E-state index contributed by atoms with van der Waals surface area (Å²) >= 11 is 3.39. The largest absolute Gasteiger partial charge is 0.494 e. The van der Waals surface area contributed by atoms with Crippen LogP contribution in [0.5, 0.6) is 5.75 Å². The van der Waals surface area contributed by atoms with Crippen LogP contribution in [0.15, 0.2) is 16.6 Å². The van der Waals surface area contributed by atoms with Gasteiger partial charge in [-0.15, -0.1) is 0 Å². The number of anilines is 1. The first-order chi connectivity index (χ1) is 6.24. The Labute approximate surface area is 83.2 Å². The summed E-state index contributed by atoms with van der Waals surface area (Å²) in [6.07, 6.45) is 0. The number of H-pyrrole nitrogens is 1. The Bertz CT molecular complexity index is 452. The van der Waals surface area contributed by atoms with Crippen molar-refractivity contribution in [3.63, 3.8) is 0 Å². The van der Waals surface area contributed by atoms with Gasteiger partial charge >= 0.3 is 0 Å². The maximum Gasteiger partial charge on any atom is 0.154 e. The number of nitrogens with two attached hydrogens (primary N) is 1. The molecular formula is C8H8BrN3O. The van der Waals surface area contributed by atoms with Crippen LogP contribution in [0.2, 0.25) is 0 Å². The first kappa shape index (κ1) is 8.37. The molecule has 0 saturated carbocycles. The van der Waals surface area contributed by atoms with Crippen molar-refractivity contribution >= 4 is 32.7 Å². The van der Waals surface area contributed by atoms with Crippen LogP contribution in [-0.4, -0.2) is 17.3 Å². The molecule has 2 aromatic rings. The number of ether oxygens (including phenoxy) is 1. The smallest absolute Gasteiger partial charge is 0.154 e. The van der Waals surface area contributed by atoms with E-state index in [0.29, 0.717) is 5.82 Å². The molecule has 2 rings (SSSR count). The Hall–Kier alpha value is -1.23. The zero-order chi connectivity index (χ0) is 9.42. The van der Waals surface area contributed by atoms with Crippen LogP contribution < -0.4 is 10.5 Å². The molecule has 0 radical (unpaired) electrons. The number of hydrogen-bond acceptors (Lipinski definition) is 3. The average molecular weight is 242 g/mol. The zero-order valence-corrected chi connectivity index (χ0v) is 8.55. The third kappa shape index (κ3) is 1.16. The minimum atomic E-state index is 0.473. The quantitative estimate of drug-likeness (QED) is 0.802. The summed E-state index contributed by atoms with van der Waals surface area (Å²) in [5.41, 5.74) is 6.49. The van der Waals surface area contributed by atoms with Crippen molar-refractivity contribution in [3.8, 4) is 5.75 Å². The number of nitrogens with one attached hydrogen (secondary N) is 1. The van der Waals surface area contributed by atoms with E-state index in [4.69, 9.17) is 10.5 Å². The molecule has 3 N–H and O–H groups in total. The van der Waals surface area contributed by atoms with Gasteiger partial charge in [0.2, 0.25) is 0 Å². The summed E-state index contributed by atoms with van der Waals surface area (Å²) < 4.78 is 6.06. The fraction of sp³-hybridized carbons (Fsp3) is 0.125. The van der Waals surface area contributed by atoms with Gasteiger partial charge in [0, 0.05) is 4.47 Å². The van der Waals surface area contributed by atoms with Gasteiger partial charge in [-0.3, -0.25) is 5.10 Å². The summed E-state index contributed by atoms with van der Waals surface area (Å²) in [6.45, 7) is 0. The van der Waals surface area contributed by atoms with Gasteiger partial charge in [-0.25, -0.2) is 0 Å². The minimum absolute atomic E-state index is 0.473. The van der Waals surface area contributed by atoms with Crippen molar-refractivity contribution in [1.29, 1.82) is 0 Å². The predicted molar refractivity (Wildman–Crippen MR) is 54.8 cm³/mol. The minimum Gasteiger partial charge on any atom is -0.494 e. The lowest BCUT2D eigenvalue weighted by Crippen LogP contribution is -1.86. The van der Waals surface area contributed by atoms with E-state index in [1.54, 1.807) is 7.11 Å². The average Bonchev–Trinajstić information content (AvgIpc) is 2.50. The Balaban J connectivity index is 2.87. The molecule has 0 aliphatic carbocycles.